The molecule has 0 radical (unpaired) electrons. The van der Waals surface area contributed by atoms with Crippen molar-refractivity contribution < 1.29 is 19.1 Å². The van der Waals surface area contributed by atoms with Gasteiger partial charge in [0.05, 0.1) is 26.5 Å². The summed E-state index contributed by atoms with van der Waals surface area (Å²) in [6, 6.07) is 15.0. The van der Waals surface area contributed by atoms with Crippen molar-refractivity contribution in [2.45, 2.75) is 13.3 Å². The number of amides is 2. The second-order valence-electron chi connectivity index (χ2n) is 8.27. The molecule has 0 unspecified atom stereocenters. The van der Waals surface area contributed by atoms with Gasteiger partial charge >= 0.3 is 0 Å². The van der Waals surface area contributed by atoms with Crippen LogP contribution in [-0.4, -0.2) is 79.1 Å². The molecule has 3 rings (SSSR count). The van der Waals surface area contributed by atoms with Gasteiger partial charge in [-0.1, -0.05) is 6.92 Å². The van der Waals surface area contributed by atoms with Crippen LogP contribution in [0.5, 0.6) is 11.5 Å². The van der Waals surface area contributed by atoms with Gasteiger partial charge in [-0.3, -0.25) is 19.5 Å². The van der Waals surface area contributed by atoms with Crippen molar-refractivity contribution in [2.24, 2.45) is 0 Å². The Morgan fingerprint density at radius 2 is 1.54 bits per heavy atom. The van der Waals surface area contributed by atoms with Crippen molar-refractivity contribution in [3.05, 3.63) is 54.7 Å². The molecule has 0 saturated carbocycles. The first-order valence-corrected chi connectivity index (χ1v) is 11.4. The maximum Gasteiger partial charge on any atom is 0.246 e. The number of imidazole rings is 1. The van der Waals surface area contributed by atoms with Gasteiger partial charge < -0.3 is 19.3 Å². The summed E-state index contributed by atoms with van der Waals surface area (Å²) in [7, 11) is 7.09. The first kappa shape index (κ1) is 25.8. The molecule has 186 valence electrons. The van der Waals surface area contributed by atoms with Crippen LogP contribution in [-0.2, 0) is 9.59 Å². The average molecular weight is 480 g/mol. The highest BCUT2D eigenvalue weighted by molar-refractivity contribution is 5.93. The zero-order valence-corrected chi connectivity index (χ0v) is 20.9. The van der Waals surface area contributed by atoms with Crippen LogP contribution in [0.25, 0.3) is 16.9 Å². The van der Waals surface area contributed by atoms with Crippen LogP contribution in [0.3, 0.4) is 0 Å². The van der Waals surface area contributed by atoms with E-state index in [0.29, 0.717) is 31.2 Å². The molecule has 3 aromatic rings. The van der Waals surface area contributed by atoms with Crippen LogP contribution in [0.15, 0.2) is 54.7 Å². The molecule has 0 spiro atoms. The Kier molecular flexibility index (Phi) is 8.86. The smallest absolute Gasteiger partial charge is 0.246 e. The number of ether oxygens (including phenoxy) is 2. The fraction of sp³-hybridized carbons (Fsp3) is 0.346. The van der Waals surface area contributed by atoms with E-state index in [1.807, 2.05) is 78.3 Å². The normalized spacial score (nSPS) is 10.8. The zero-order chi connectivity index (χ0) is 25.4. The Morgan fingerprint density at radius 3 is 2.09 bits per heavy atom. The zero-order valence-electron chi connectivity index (χ0n) is 20.9. The van der Waals surface area contributed by atoms with Crippen molar-refractivity contribution in [2.75, 3.05) is 53.3 Å². The Labute approximate surface area is 206 Å². The molecule has 0 bridgehead atoms. The summed E-state index contributed by atoms with van der Waals surface area (Å²) >= 11 is 0. The monoisotopic (exact) mass is 479 g/mol. The lowest BCUT2D eigenvalue weighted by molar-refractivity contribution is -0.134. The van der Waals surface area contributed by atoms with Crippen LogP contribution in [0.4, 0.5) is 5.95 Å². The Balaban J connectivity index is 1.89. The second-order valence-corrected chi connectivity index (χ2v) is 8.27. The fourth-order valence-electron chi connectivity index (χ4n) is 3.48. The van der Waals surface area contributed by atoms with Crippen LogP contribution >= 0.6 is 0 Å². The van der Waals surface area contributed by atoms with E-state index < -0.39 is 0 Å². The van der Waals surface area contributed by atoms with Gasteiger partial charge in [0, 0.05) is 37.0 Å². The number of rotatable bonds is 11. The fourth-order valence-corrected chi connectivity index (χ4v) is 3.48. The van der Waals surface area contributed by atoms with Gasteiger partial charge in [0.2, 0.25) is 17.8 Å². The highest BCUT2D eigenvalue weighted by Gasteiger charge is 2.19. The maximum atomic E-state index is 13.0. The molecule has 35 heavy (non-hydrogen) atoms. The molecule has 9 nitrogen and oxygen atoms in total. The Bertz CT molecular complexity index is 1120. The minimum Gasteiger partial charge on any atom is -0.497 e. The molecule has 2 amide bonds. The van der Waals surface area contributed by atoms with Gasteiger partial charge in [-0.2, -0.15) is 0 Å². The van der Waals surface area contributed by atoms with E-state index in [9.17, 15) is 9.59 Å². The quantitative estimate of drug-likeness (QED) is 0.454. The summed E-state index contributed by atoms with van der Waals surface area (Å²) in [6.45, 7) is 2.88. The number of carbonyl (C=O) groups is 2. The van der Waals surface area contributed by atoms with Crippen molar-refractivity contribution >= 4 is 17.8 Å². The Morgan fingerprint density at radius 1 is 0.943 bits per heavy atom. The lowest BCUT2D eigenvalue weighted by atomic mass is 10.1. The van der Waals surface area contributed by atoms with Crippen LogP contribution in [0, 0.1) is 0 Å². The molecular weight excluding hydrogens is 446 g/mol. The van der Waals surface area contributed by atoms with Crippen molar-refractivity contribution in [3.63, 3.8) is 0 Å². The number of hydrogen-bond donors (Lipinski definition) is 1. The highest BCUT2D eigenvalue weighted by Crippen LogP contribution is 2.27. The molecule has 0 aliphatic rings. The molecule has 0 aliphatic heterocycles. The molecule has 9 heteroatoms. The minimum absolute atomic E-state index is 0.0478. The SMILES string of the molecule is CCC(=O)N(CCN(C)C)CC(=O)Nc1nc(-c2ccc(OC)cc2)cn1-c1ccc(OC)cc1. The van der Waals surface area contributed by atoms with Gasteiger partial charge in [-0.15, -0.1) is 0 Å². The number of hydrogen-bond acceptors (Lipinski definition) is 6. The summed E-state index contributed by atoms with van der Waals surface area (Å²) < 4.78 is 12.3. The maximum absolute atomic E-state index is 13.0. The minimum atomic E-state index is -0.313. The Hall–Kier alpha value is -3.85. The average Bonchev–Trinajstić information content (AvgIpc) is 3.29. The number of likely N-dealkylation sites (N-methyl/N-ethyl adjacent to an activating group) is 1. The number of carbonyl (C=O) groups excluding carboxylic acids is 2. The first-order chi connectivity index (χ1) is 16.8. The molecule has 2 aromatic carbocycles. The lowest BCUT2D eigenvalue weighted by Crippen LogP contribution is -2.41. The number of nitrogens with zero attached hydrogens (tertiary/aromatic N) is 4. The third-order valence-electron chi connectivity index (χ3n) is 5.50. The molecule has 0 saturated heterocycles. The van der Waals surface area contributed by atoms with E-state index in [1.54, 1.807) is 26.0 Å². The number of aromatic nitrogens is 2. The summed E-state index contributed by atoms with van der Waals surface area (Å²) in [5, 5.41) is 2.90. The summed E-state index contributed by atoms with van der Waals surface area (Å²) in [6.07, 6.45) is 2.20. The van der Waals surface area contributed by atoms with Crippen molar-refractivity contribution in [3.8, 4) is 28.4 Å². The summed E-state index contributed by atoms with van der Waals surface area (Å²) in [5.74, 6) is 1.45. The van der Waals surface area contributed by atoms with Crippen LogP contribution < -0.4 is 14.8 Å². The molecule has 1 N–H and O–H groups in total. The van der Waals surface area contributed by atoms with Crippen LogP contribution in [0.2, 0.25) is 0 Å². The number of nitrogens with one attached hydrogen (secondary N) is 1. The number of benzene rings is 2. The molecule has 0 aliphatic carbocycles. The van der Waals surface area contributed by atoms with Gasteiger partial charge in [-0.25, -0.2) is 4.98 Å². The van der Waals surface area contributed by atoms with Gasteiger partial charge in [-0.05, 0) is 62.6 Å². The van der Waals surface area contributed by atoms with Gasteiger partial charge in [0.1, 0.15) is 11.5 Å². The largest absolute Gasteiger partial charge is 0.497 e. The highest BCUT2D eigenvalue weighted by atomic mass is 16.5. The van der Waals surface area contributed by atoms with Gasteiger partial charge in [0.25, 0.3) is 0 Å². The van der Waals surface area contributed by atoms with Crippen molar-refractivity contribution in [1.82, 2.24) is 19.4 Å². The second kappa shape index (κ2) is 12.0. The third-order valence-corrected chi connectivity index (χ3v) is 5.50. The summed E-state index contributed by atoms with van der Waals surface area (Å²) in [4.78, 5) is 33.6. The van der Waals surface area contributed by atoms with E-state index in [2.05, 4.69) is 10.3 Å². The number of methoxy groups -OCH3 is 2. The molecule has 1 aromatic heterocycles. The topological polar surface area (TPSA) is 88.9 Å². The molecular formula is C26H33N5O4. The van der Waals surface area contributed by atoms with Crippen molar-refractivity contribution in [1.29, 1.82) is 0 Å². The van der Waals surface area contributed by atoms with Crippen LogP contribution in [0.1, 0.15) is 13.3 Å². The third kappa shape index (κ3) is 6.83. The standard InChI is InChI=1S/C26H33N5O4/c1-6-25(33)30(16-15-29(2)3)18-24(32)28-26-27-23(19-7-11-21(34-4)12-8-19)17-31(26)20-9-13-22(35-5)14-10-20/h7-14,17H,6,15-16,18H2,1-5H3,(H,27,28,32). The predicted octanol–water partition coefficient (Wildman–Crippen LogP) is 3.30. The lowest BCUT2D eigenvalue weighted by Gasteiger charge is -2.23. The molecule has 0 fully saturated rings. The van der Waals surface area contributed by atoms with E-state index in [4.69, 9.17) is 9.47 Å². The van der Waals surface area contributed by atoms with E-state index >= 15 is 0 Å². The van der Waals surface area contributed by atoms with E-state index in [1.165, 1.54) is 0 Å². The predicted molar refractivity (Wildman–Crippen MR) is 136 cm³/mol. The van der Waals surface area contributed by atoms with E-state index in [-0.39, 0.29) is 18.4 Å². The first-order valence-electron chi connectivity index (χ1n) is 11.4. The summed E-state index contributed by atoms with van der Waals surface area (Å²) in [5.41, 5.74) is 2.37. The molecule has 0 atom stereocenters. The number of anilines is 1. The van der Waals surface area contributed by atoms with E-state index in [0.717, 1.165) is 22.7 Å². The molecule has 1 heterocycles. The van der Waals surface area contributed by atoms with Gasteiger partial charge in [0.15, 0.2) is 0 Å².